The molecule has 0 aliphatic rings. The van der Waals surface area contributed by atoms with E-state index in [4.69, 9.17) is 0 Å². The molecule has 3 aromatic rings. The number of benzene rings is 2. The quantitative estimate of drug-likeness (QED) is 0.712. The lowest BCUT2D eigenvalue weighted by Gasteiger charge is -2.10. The zero-order valence-electron chi connectivity index (χ0n) is 14.3. The fourth-order valence-corrected chi connectivity index (χ4v) is 2.38. The number of aromatic nitrogens is 2. The summed E-state index contributed by atoms with van der Waals surface area (Å²) >= 11 is 0. The summed E-state index contributed by atoms with van der Waals surface area (Å²) in [5.74, 6) is 1.42. The van der Waals surface area contributed by atoms with Crippen molar-refractivity contribution in [3.8, 4) is 0 Å². The molecule has 3 rings (SSSR count). The van der Waals surface area contributed by atoms with E-state index >= 15 is 0 Å². The molecule has 0 unspecified atom stereocenters. The van der Waals surface area contributed by atoms with Crippen LogP contribution >= 0.6 is 0 Å². The first-order valence-electron chi connectivity index (χ1n) is 8.07. The second kappa shape index (κ2) is 7.13. The standard InChI is InChI=1S/C20H22N4/c1-14-4-8-17(9-5-14)13-21-20-22-16(3)12-19(24-20)23-18-10-6-15(2)7-11-18/h4-12H,13H2,1-3H3,(H2,21,22,23,24). The summed E-state index contributed by atoms with van der Waals surface area (Å²) in [7, 11) is 0. The third-order valence-corrected chi connectivity index (χ3v) is 3.75. The molecule has 1 aromatic heterocycles. The Bertz CT molecular complexity index is 808. The molecule has 4 nitrogen and oxygen atoms in total. The summed E-state index contributed by atoms with van der Waals surface area (Å²) in [5.41, 5.74) is 5.64. The molecule has 0 spiro atoms. The Labute approximate surface area is 143 Å². The highest BCUT2D eigenvalue weighted by atomic mass is 15.1. The topological polar surface area (TPSA) is 49.8 Å². The molecular formula is C20H22N4. The lowest BCUT2D eigenvalue weighted by molar-refractivity contribution is 1.03. The normalized spacial score (nSPS) is 10.5. The van der Waals surface area contributed by atoms with Crippen LogP contribution in [0, 0.1) is 20.8 Å². The van der Waals surface area contributed by atoms with Gasteiger partial charge >= 0.3 is 0 Å². The fourth-order valence-electron chi connectivity index (χ4n) is 2.38. The Morgan fingerprint density at radius 2 is 1.42 bits per heavy atom. The van der Waals surface area contributed by atoms with Crippen molar-refractivity contribution >= 4 is 17.5 Å². The summed E-state index contributed by atoms with van der Waals surface area (Å²) in [6.07, 6.45) is 0. The molecule has 4 heteroatoms. The lowest BCUT2D eigenvalue weighted by atomic mass is 10.1. The lowest BCUT2D eigenvalue weighted by Crippen LogP contribution is -2.06. The Morgan fingerprint density at radius 1 is 0.792 bits per heavy atom. The molecule has 0 radical (unpaired) electrons. The molecule has 0 aliphatic heterocycles. The van der Waals surface area contributed by atoms with Gasteiger partial charge in [-0.3, -0.25) is 0 Å². The van der Waals surface area contributed by atoms with Gasteiger partial charge in [-0.2, -0.15) is 4.98 Å². The first-order valence-corrected chi connectivity index (χ1v) is 8.07. The number of aryl methyl sites for hydroxylation is 3. The fraction of sp³-hybridized carbons (Fsp3) is 0.200. The zero-order valence-corrected chi connectivity index (χ0v) is 14.3. The highest BCUT2D eigenvalue weighted by Gasteiger charge is 2.03. The molecule has 0 amide bonds. The zero-order chi connectivity index (χ0) is 16.9. The number of nitrogens with one attached hydrogen (secondary N) is 2. The molecule has 0 saturated carbocycles. The first-order chi connectivity index (χ1) is 11.6. The van der Waals surface area contributed by atoms with Gasteiger partial charge in [0.25, 0.3) is 0 Å². The highest BCUT2D eigenvalue weighted by Crippen LogP contribution is 2.17. The van der Waals surface area contributed by atoms with Crippen molar-refractivity contribution in [1.29, 1.82) is 0 Å². The van der Waals surface area contributed by atoms with E-state index in [-0.39, 0.29) is 0 Å². The average molecular weight is 318 g/mol. The molecule has 24 heavy (non-hydrogen) atoms. The van der Waals surface area contributed by atoms with E-state index in [1.165, 1.54) is 16.7 Å². The minimum atomic E-state index is 0.630. The second-order valence-electron chi connectivity index (χ2n) is 6.05. The first kappa shape index (κ1) is 16.0. The van der Waals surface area contributed by atoms with Gasteiger partial charge in [0.2, 0.25) is 5.95 Å². The Morgan fingerprint density at radius 3 is 2.08 bits per heavy atom. The number of rotatable bonds is 5. The molecule has 0 aliphatic carbocycles. The molecule has 2 N–H and O–H groups in total. The third kappa shape index (κ3) is 4.32. The average Bonchev–Trinajstić information content (AvgIpc) is 2.56. The SMILES string of the molecule is Cc1ccc(CNc2nc(C)cc(Nc3ccc(C)cc3)n2)cc1. The van der Waals surface area contributed by atoms with E-state index in [1.54, 1.807) is 0 Å². The molecule has 0 fully saturated rings. The van der Waals surface area contributed by atoms with Crippen LogP contribution in [0.3, 0.4) is 0 Å². The maximum atomic E-state index is 4.55. The van der Waals surface area contributed by atoms with Crippen LogP contribution < -0.4 is 10.6 Å². The predicted molar refractivity (Wildman–Crippen MR) is 99.7 cm³/mol. The van der Waals surface area contributed by atoms with Gasteiger partial charge in [0.1, 0.15) is 5.82 Å². The molecule has 0 bridgehead atoms. The largest absolute Gasteiger partial charge is 0.350 e. The predicted octanol–water partition coefficient (Wildman–Crippen LogP) is 4.76. The molecule has 122 valence electrons. The van der Waals surface area contributed by atoms with E-state index in [0.717, 1.165) is 17.2 Å². The number of hydrogen-bond donors (Lipinski definition) is 2. The van der Waals surface area contributed by atoms with Gasteiger partial charge in [-0.1, -0.05) is 47.5 Å². The van der Waals surface area contributed by atoms with Crippen LogP contribution in [0.4, 0.5) is 17.5 Å². The van der Waals surface area contributed by atoms with Gasteiger partial charge in [-0.15, -0.1) is 0 Å². The van der Waals surface area contributed by atoms with E-state index in [0.29, 0.717) is 12.5 Å². The maximum absolute atomic E-state index is 4.55. The van der Waals surface area contributed by atoms with E-state index < -0.39 is 0 Å². The molecular weight excluding hydrogens is 296 g/mol. The van der Waals surface area contributed by atoms with Crippen LogP contribution in [0.1, 0.15) is 22.4 Å². The van der Waals surface area contributed by atoms with Crippen molar-refractivity contribution in [2.45, 2.75) is 27.3 Å². The van der Waals surface area contributed by atoms with Crippen molar-refractivity contribution in [2.75, 3.05) is 10.6 Å². The van der Waals surface area contributed by atoms with Crippen molar-refractivity contribution < 1.29 is 0 Å². The van der Waals surface area contributed by atoms with Gasteiger partial charge in [-0.25, -0.2) is 4.98 Å². The molecule has 0 atom stereocenters. The van der Waals surface area contributed by atoms with Crippen molar-refractivity contribution in [2.24, 2.45) is 0 Å². The number of anilines is 3. The summed E-state index contributed by atoms with van der Waals surface area (Å²) < 4.78 is 0. The minimum absolute atomic E-state index is 0.630. The molecule has 2 aromatic carbocycles. The summed E-state index contributed by atoms with van der Waals surface area (Å²) in [6.45, 7) is 6.84. The highest BCUT2D eigenvalue weighted by molar-refractivity contribution is 5.57. The van der Waals surface area contributed by atoms with Gasteiger partial charge in [-0.05, 0) is 38.5 Å². The summed E-state index contributed by atoms with van der Waals surface area (Å²) in [4.78, 5) is 9.01. The van der Waals surface area contributed by atoms with Crippen molar-refractivity contribution in [3.63, 3.8) is 0 Å². The summed E-state index contributed by atoms with van der Waals surface area (Å²) in [5, 5.41) is 6.62. The molecule has 1 heterocycles. The van der Waals surface area contributed by atoms with Crippen LogP contribution in [0.15, 0.2) is 54.6 Å². The Hall–Kier alpha value is -2.88. The number of hydrogen-bond acceptors (Lipinski definition) is 4. The minimum Gasteiger partial charge on any atom is -0.350 e. The number of nitrogens with zero attached hydrogens (tertiary/aromatic N) is 2. The van der Waals surface area contributed by atoms with Gasteiger partial charge < -0.3 is 10.6 Å². The summed E-state index contributed by atoms with van der Waals surface area (Å²) in [6, 6.07) is 18.6. The van der Waals surface area contributed by atoms with Gasteiger partial charge in [0.15, 0.2) is 0 Å². The van der Waals surface area contributed by atoms with Crippen LogP contribution in [-0.4, -0.2) is 9.97 Å². The van der Waals surface area contributed by atoms with Crippen LogP contribution in [0.2, 0.25) is 0 Å². The van der Waals surface area contributed by atoms with Gasteiger partial charge in [0, 0.05) is 24.0 Å². The van der Waals surface area contributed by atoms with Crippen LogP contribution in [0.25, 0.3) is 0 Å². The van der Waals surface area contributed by atoms with Crippen LogP contribution in [-0.2, 0) is 6.54 Å². The smallest absolute Gasteiger partial charge is 0.225 e. The van der Waals surface area contributed by atoms with E-state index in [1.807, 2.05) is 25.1 Å². The third-order valence-electron chi connectivity index (χ3n) is 3.75. The maximum Gasteiger partial charge on any atom is 0.225 e. The van der Waals surface area contributed by atoms with Crippen molar-refractivity contribution in [3.05, 3.63) is 77.0 Å². The Balaban J connectivity index is 1.71. The van der Waals surface area contributed by atoms with Gasteiger partial charge in [0.05, 0.1) is 0 Å². The van der Waals surface area contributed by atoms with E-state index in [9.17, 15) is 0 Å². The van der Waals surface area contributed by atoms with Crippen molar-refractivity contribution in [1.82, 2.24) is 9.97 Å². The molecule has 0 saturated heterocycles. The Kier molecular flexibility index (Phi) is 4.75. The second-order valence-corrected chi connectivity index (χ2v) is 6.05. The monoisotopic (exact) mass is 318 g/mol. The van der Waals surface area contributed by atoms with E-state index in [2.05, 4.69) is 70.8 Å². The van der Waals surface area contributed by atoms with Crippen LogP contribution in [0.5, 0.6) is 0 Å².